The van der Waals surface area contributed by atoms with Gasteiger partial charge in [-0.3, -0.25) is 36.4 Å². The molecule has 338 valence electrons. The lowest BCUT2D eigenvalue weighted by molar-refractivity contribution is 0.413. The molecule has 62 heavy (non-hydrogen) atoms. The van der Waals surface area contributed by atoms with E-state index in [1.165, 1.54) is 64.6 Å². The van der Waals surface area contributed by atoms with E-state index in [1.54, 1.807) is 13.8 Å². The number of aromatic nitrogens is 4. The molecule has 0 amide bonds. The van der Waals surface area contributed by atoms with E-state index in [2.05, 4.69) is 39.0 Å². The van der Waals surface area contributed by atoms with Crippen LogP contribution in [-0.2, 0) is 49.5 Å². The fourth-order valence-electron chi connectivity index (χ4n) is 6.66. The first-order valence-electron chi connectivity index (χ1n) is 20.0. The van der Waals surface area contributed by atoms with Crippen molar-refractivity contribution in [2.45, 2.75) is 97.0 Å². The van der Waals surface area contributed by atoms with E-state index < -0.39 is 79.0 Å². The van der Waals surface area contributed by atoms with Crippen LogP contribution >= 0.6 is 0 Å². The average Bonchev–Trinajstić information content (AvgIpc) is 3.20. The smallest absolute Gasteiger partial charge is 0.333 e. The third-order valence-corrected chi connectivity index (χ3v) is 12.8. The van der Waals surface area contributed by atoms with Crippen molar-refractivity contribution in [2.75, 3.05) is 4.31 Å². The summed E-state index contributed by atoms with van der Waals surface area (Å²) in [5.74, 6) is -0.759. The average molecular weight is 900 g/mol. The second-order valence-electron chi connectivity index (χ2n) is 16.1. The van der Waals surface area contributed by atoms with E-state index in [1.807, 2.05) is 13.8 Å². The van der Waals surface area contributed by atoms with Gasteiger partial charge in [0.15, 0.2) is 0 Å². The Morgan fingerprint density at radius 2 is 1.13 bits per heavy atom. The third-order valence-electron chi connectivity index (χ3n) is 10.3. The molecule has 0 aliphatic rings. The van der Waals surface area contributed by atoms with E-state index in [9.17, 15) is 46.6 Å². The standard InChI is InChI=1S/C40H56N10O10S2/c1-23(2)13-11-15-25(5)45-62(59,60)32-22-28(42-44-34-37(53)48(9)40(56)49(10)38(34)54)18-20-30(32)29-19-17-27(41-43-33-35(51)46(7)39(55)47(8)36(33)52)21-31(29)50(61(57)58)26(6)16-12-14-24(3)4/h17-26,45,51,53H,11-16H2,1-10H3,(H,57,58)/p-1. The number of aromatic hydroxyl groups is 2. The van der Waals surface area contributed by atoms with Gasteiger partial charge in [0.1, 0.15) is 0 Å². The van der Waals surface area contributed by atoms with Crippen molar-refractivity contribution in [3.8, 4) is 22.9 Å². The topological polar surface area (TPSA) is 267 Å². The lowest BCUT2D eigenvalue weighted by Crippen LogP contribution is -2.36. The van der Waals surface area contributed by atoms with Crippen LogP contribution in [0.5, 0.6) is 11.8 Å². The van der Waals surface area contributed by atoms with Gasteiger partial charge in [0.2, 0.25) is 33.2 Å². The van der Waals surface area contributed by atoms with Gasteiger partial charge < -0.3 is 14.8 Å². The Morgan fingerprint density at radius 1 is 0.677 bits per heavy atom. The van der Waals surface area contributed by atoms with Gasteiger partial charge in [0.25, 0.3) is 11.1 Å². The van der Waals surface area contributed by atoms with Gasteiger partial charge in [-0.25, -0.2) is 22.7 Å². The van der Waals surface area contributed by atoms with Crippen LogP contribution in [0.2, 0.25) is 0 Å². The van der Waals surface area contributed by atoms with Crippen LogP contribution in [0.15, 0.2) is 80.9 Å². The van der Waals surface area contributed by atoms with Crippen molar-refractivity contribution >= 4 is 49.7 Å². The molecule has 0 radical (unpaired) electrons. The van der Waals surface area contributed by atoms with Gasteiger partial charge >= 0.3 is 11.4 Å². The number of hydrogen-bond acceptors (Lipinski definition) is 14. The molecular weight excluding hydrogens is 845 g/mol. The summed E-state index contributed by atoms with van der Waals surface area (Å²) in [6.45, 7) is 11.7. The molecule has 20 nitrogen and oxygen atoms in total. The minimum atomic E-state index is -4.43. The van der Waals surface area contributed by atoms with Gasteiger partial charge in [-0.05, 0) is 62.8 Å². The minimum Gasteiger partial charge on any atom is -0.755 e. The number of hydrogen-bond donors (Lipinski definition) is 3. The Balaban J connectivity index is 2.00. The highest BCUT2D eigenvalue weighted by Gasteiger charge is 2.27. The SMILES string of the molecule is CC(C)CCCC(C)NS(=O)(=O)c1cc(N=Nc2c(O)n(C)c(=O)n(C)c2=O)ccc1-c1ccc(N=Nc2c(O)n(C)c(=O)n(C)c2=O)cc1N(C(C)CCCC(C)C)S(=O)[O-]. The lowest BCUT2D eigenvalue weighted by atomic mass is 10.0. The van der Waals surface area contributed by atoms with Crippen molar-refractivity contribution < 1.29 is 27.4 Å². The van der Waals surface area contributed by atoms with Gasteiger partial charge in [-0.2, -0.15) is 10.2 Å². The molecule has 4 rings (SSSR count). The van der Waals surface area contributed by atoms with Crippen LogP contribution in [0.3, 0.4) is 0 Å². The molecule has 0 saturated heterocycles. The predicted molar refractivity (Wildman–Crippen MR) is 235 cm³/mol. The third kappa shape index (κ3) is 11.3. The molecule has 4 aromatic rings. The summed E-state index contributed by atoms with van der Waals surface area (Å²) in [5, 5.41) is 37.2. The van der Waals surface area contributed by atoms with Crippen molar-refractivity contribution in [1.29, 1.82) is 0 Å². The predicted octanol–water partition coefficient (Wildman–Crippen LogP) is 5.70. The summed E-state index contributed by atoms with van der Waals surface area (Å²) in [7, 11) is 0.430. The van der Waals surface area contributed by atoms with E-state index in [4.69, 9.17) is 0 Å². The number of rotatable bonds is 19. The van der Waals surface area contributed by atoms with Crippen LogP contribution in [0.4, 0.5) is 28.4 Å². The zero-order valence-corrected chi connectivity index (χ0v) is 38.2. The lowest BCUT2D eigenvalue weighted by Gasteiger charge is -2.34. The van der Waals surface area contributed by atoms with Crippen molar-refractivity contribution in [3.63, 3.8) is 0 Å². The van der Waals surface area contributed by atoms with Gasteiger partial charge in [0.05, 0.1) is 22.0 Å². The first kappa shape index (κ1) is 49.1. The number of nitrogens with one attached hydrogen (secondary N) is 1. The van der Waals surface area contributed by atoms with Gasteiger partial charge in [-0.15, -0.1) is 10.2 Å². The fourth-order valence-corrected chi connectivity index (χ4v) is 8.88. The molecule has 0 aliphatic carbocycles. The molecule has 0 aliphatic heterocycles. The maximum absolute atomic E-state index is 14.5. The summed E-state index contributed by atoms with van der Waals surface area (Å²) in [6.07, 6.45) is 4.02. The Labute approximate surface area is 361 Å². The second kappa shape index (κ2) is 20.5. The first-order chi connectivity index (χ1) is 29.0. The highest BCUT2D eigenvalue weighted by Crippen LogP contribution is 2.41. The fraction of sp³-hybridized carbons (Fsp3) is 0.500. The van der Waals surface area contributed by atoms with E-state index >= 15 is 0 Å². The highest BCUT2D eigenvalue weighted by molar-refractivity contribution is 7.89. The highest BCUT2D eigenvalue weighted by atomic mass is 32.2. The van der Waals surface area contributed by atoms with Crippen molar-refractivity contribution in [2.24, 2.45) is 60.5 Å². The van der Waals surface area contributed by atoms with Crippen LogP contribution in [0.1, 0.15) is 80.1 Å². The van der Waals surface area contributed by atoms with Crippen molar-refractivity contribution in [1.82, 2.24) is 23.0 Å². The Morgan fingerprint density at radius 3 is 1.60 bits per heavy atom. The van der Waals surface area contributed by atoms with Crippen LogP contribution in [0.25, 0.3) is 11.1 Å². The summed E-state index contributed by atoms with van der Waals surface area (Å²) >= 11 is -2.93. The van der Waals surface area contributed by atoms with E-state index in [-0.39, 0.29) is 33.1 Å². The number of nitrogens with zero attached hydrogens (tertiary/aromatic N) is 9. The van der Waals surface area contributed by atoms with Crippen LogP contribution in [-0.4, -0.2) is 57.7 Å². The van der Waals surface area contributed by atoms with Crippen molar-refractivity contribution in [3.05, 3.63) is 78.1 Å². The maximum Gasteiger partial charge on any atom is 0.333 e. The number of benzene rings is 2. The quantitative estimate of drug-likeness (QED) is 0.0763. The van der Waals surface area contributed by atoms with Crippen LogP contribution < -0.4 is 31.5 Å². The summed E-state index contributed by atoms with van der Waals surface area (Å²) in [5.41, 5.74) is -4.51. The molecule has 3 N–H and O–H groups in total. The Kier molecular flexibility index (Phi) is 16.2. The molecule has 2 heterocycles. The molecule has 2 aromatic carbocycles. The Bertz CT molecular complexity index is 2740. The number of sulfonamides is 1. The minimum absolute atomic E-state index is 0.00107. The zero-order valence-electron chi connectivity index (χ0n) is 36.5. The second-order valence-corrected chi connectivity index (χ2v) is 18.6. The zero-order chi connectivity index (χ0) is 46.4. The molecule has 22 heteroatoms. The van der Waals surface area contributed by atoms with E-state index in [0.29, 0.717) is 31.1 Å². The normalized spacial score (nSPS) is 13.8. The molecule has 3 atom stereocenters. The molecular formula is C40H55N10O10S2-. The van der Waals surface area contributed by atoms with Gasteiger partial charge in [0, 0.05) is 62.7 Å². The number of azo groups is 2. The van der Waals surface area contributed by atoms with E-state index in [0.717, 1.165) is 41.8 Å². The molecule has 3 unspecified atom stereocenters. The largest absolute Gasteiger partial charge is 0.755 e. The summed E-state index contributed by atoms with van der Waals surface area (Å²) in [6, 6.07) is 6.98. The summed E-state index contributed by atoms with van der Waals surface area (Å²) < 4.78 is 62.2. The molecule has 0 fully saturated rings. The van der Waals surface area contributed by atoms with Crippen LogP contribution in [0, 0.1) is 11.8 Å². The molecule has 2 aromatic heterocycles. The van der Waals surface area contributed by atoms with Gasteiger partial charge in [-0.1, -0.05) is 65.5 Å². The maximum atomic E-state index is 14.5. The molecule has 0 bridgehead atoms. The number of anilines is 1. The first-order valence-corrected chi connectivity index (χ1v) is 22.5. The molecule has 0 spiro atoms. The molecule has 0 saturated carbocycles. The summed E-state index contributed by atoms with van der Waals surface area (Å²) in [4.78, 5) is 50.0. The monoisotopic (exact) mass is 899 g/mol. The Hall–Kier alpha value is -5.58.